The summed E-state index contributed by atoms with van der Waals surface area (Å²) in [6, 6.07) is 25.7. The Morgan fingerprint density at radius 2 is 1.44 bits per heavy atom. The summed E-state index contributed by atoms with van der Waals surface area (Å²) >= 11 is 0. The van der Waals surface area contributed by atoms with Crippen LogP contribution in [-0.2, 0) is 25.4 Å². The van der Waals surface area contributed by atoms with Gasteiger partial charge in [0.2, 0.25) is 5.62 Å². The van der Waals surface area contributed by atoms with Gasteiger partial charge in [-0.25, -0.2) is 0 Å². The standard InChI is InChI=1S/C32H39N3O4/c1-22-9-13-24(14-10-22)19-27(20-38-32(37-4)39-21-36-3)34-28-7-5-6-8-29(28)35(31(34)33)30(26-17-18-26)25-15-11-23(2)12-16-25/h5-16,26-27,30,32-33H,17-21H2,1-4H3/t27-,30?,32?/m0/s1. The van der Waals surface area contributed by atoms with Gasteiger partial charge in [0, 0.05) is 14.2 Å². The molecule has 1 aromatic heterocycles. The second kappa shape index (κ2) is 12.3. The predicted octanol–water partition coefficient (Wildman–Crippen LogP) is 5.89. The van der Waals surface area contributed by atoms with Gasteiger partial charge in [-0.05, 0) is 62.3 Å². The maximum absolute atomic E-state index is 9.58. The van der Waals surface area contributed by atoms with Crippen molar-refractivity contribution in [1.29, 1.82) is 5.41 Å². The van der Waals surface area contributed by atoms with Crippen molar-refractivity contribution in [2.75, 3.05) is 27.6 Å². The van der Waals surface area contributed by atoms with Crippen LogP contribution in [0.25, 0.3) is 11.0 Å². The number of nitrogens with zero attached hydrogens (tertiary/aromatic N) is 2. The Morgan fingerprint density at radius 1 is 0.821 bits per heavy atom. The molecule has 7 nitrogen and oxygen atoms in total. The molecule has 1 saturated carbocycles. The van der Waals surface area contributed by atoms with Crippen molar-refractivity contribution >= 4 is 11.0 Å². The molecule has 4 aromatic rings. The van der Waals surface area contributed by atoms with E-state index in [-0.39, 0.29) is 18.9 Å². The van der Waals surface area contributed by atoms with Crippen LogP contribution >= 0.6 is 0 Å². The number of hydrogen-bond acceptors (Lipinski definition) is 5. The number of methoxy groups -OCH3 is 2. The van der Waals surface area contributed by atoms with Crippen molar-refractivity contribution in [2.45, 2.75) is 51.7 Å². The monoisotopic (exact) mass is 529 g/mol. The minimum absolute atomic E-state index is 0.0664. The first kappa shape index (κ1) is 27.3. The molecule has 0 saturated heterocycles. The molecule has 3 atom stereocenters. The van der Waals surface area contributed by atoms with Gasteiger partial charge >= 0.3 is 0 Å². The smallest absolute Gasteiger partial charge is 0.273 e. The lowest BCUT2D eigenvalue weighted by Crippen LogP contribution is -2.35. The van der Waals surface area contributed by atoms with Crippen LogP contribution in [0.2, 0.25) is 0 Å². The number of benzene rings is 3. The highest BCUT2D eigenvalue weighted by Gasteiger charge is 2.36. The van der Waals surface area contributed by atoms with Crippen molar-refractivity contribution in [1.82, 2.24) is 9.13 Å². The average molecular weight is 530 g/mol. The van der Waals surface area contributed by atoms with E-state index in [9.17, 15) is 5.41 Å². The van der Waals surface area contributed by atoms with E-state index in [0.29, 0.717) is 24.6 Å². The van der Waals surface area contributed by atoms with Gasteiger partial charge in [-0.2, -0.15) is 0 Å². The summed E-state index contributed by atoms with van der Waals surface area (Å²) in [5, 5.41) is 9.58. The van der Waals surface area contributed by atoms with Crippen molar-refractivity contribution < 1.29 is 18.9 Å². The topological polar surface area (TPSA) is 70.6 Å². The Kier molecular flexibility index (Phi) is 8.63. The van der Waals surface area contributed by atoms with E-state index in [1.165, 1.54) is 35.1 Å². The number of imidazole rings is 1. The highest BCUT2D eigenvalue weighted by molar-refractivity contribution is 5.76. The number of hydrogen-bond donors (Lipinski definition) is 1. The minimum atomic E-state index is -0.861. The first-order valence-corrected chi connectivity index (χ1v) is 13.6. The zero-order valence-corrected chi connectivity index (χ0v) is 23.3. The van der Waals surface area contributed by atoms with Crippen molar-refractivity contribution in [3.8, 4) is 0 Å². The molecular weight excluding hydrogens is 490 g/mol. The number of rotatable bonds is 13. The molecule has 0 amide bonds. The Hall–Kier alpha value is -3.23. The normalized spacial score (nSPS) is 15.9. The molecule has 0 aliphatic heterocycles. The molecule has 2 unspecified atom stereocenters. The number of para-hydroxylation sites is 2. The zero-order valence-electron chi connectivity index (χ0n) is 23.3. The number of nitrogens with one attached hydrogen (secondary N) is 1. The first-order chi connectivity index (χ1) is 19.0. The molecular formula is C32H39N3O4. The predicted molar refractivity (Wildman–Crippen MR) is 151 cm³/mol. The van der Waals surface area contributed by atoms with Crippen LogP contribution in [-0.4, -0.2) is 43.2 Å². The SMILES string of the molecule is COCOC(OC)OC[C@H](Cc1ccc(C)cc1)n1c(=N)n(C(c2ccc(C)cc2)C2CC2)c2ccccc21. The van der Waals surface area contributed by atoms with Crippen LogP contribution < -0.4 is 5.62 Å². The molecule has 0 bridgehead atoms. The van der Waals surface area contributed by atoms with E-state index in [0.717, 1.165) is 11.0 Å². The lowest BCUT2D eigenvalue weighted by atomic mass is 10.0. The van der Waals surface area contributed by atoms with Crippen LogP contribution in [0.3, 0.4) is 0 Å². The van der Waals surface area contributed by atoms with Gasteiger partial charge in [0.1, 0.15) is 0 Å². The van der Waals surface area contributed by atoms with E-state index >= 15 is 0 Å². The summed E-state index contributed by atoms with van der Waals surface area (Å²) in [5.41, 5.74) is 7.45. The molecule has 0 spiro atoms. The van der Waals surface area contributed by atoms with Crippen molar-refractivity contribution in [2.24, 2.45) is 5.92 Å². The largest absolute Gasteiger partial charge is 0.358 e. The Bertz CT molecular complexity index is 1420. The maximum atomic E-state index is 9.58. The third-order valence-corrected chi connectivity index (χ3v) is 7.52. The average Bonchev–Trinajstić information content (AvgIpc) is 3.75. The van der Waals surface area contributed by atoms with Crippen LogP contribution in [0.1, 0.15) is 47.2 Å². The molecule has 1 aliphatic rings. The van der Waals surface area contributed by atoms with Gasteiger partial charge in [-0.15, -0.1) is 0 Å². The lowest BCUT2D eigenvalue weighted by Gasteiger charge is -2.24. The number of aromatic nitrogens is 2. The first-order valence-electron chi connectivity index (χ1n) is 13.6. The van der Waals surface area contributed by atoms with Crippen LogP contribution in [0.15, 0.2) is 72.8 Å². The van der Waals surface area contributed by atoms with Crippen molar-refractivity contribution in [3.63, 3.8) is 0 Å². The summed E-state index contributed by atoms with van der Waals surface area (Å²) in [7, 11) is 3.11. The minimum Gasteiger partial charge on any atom is -0.358 e. The molecule has 5 rings (SSSR count). The van der Waals surface area contributed by atoms with Gasteiger partial charge in [0.25, 0.3) is 6.48 Å². The van der Waals surface area contributed by atoms with E-state index in [1.807, 2.05) is 6.07 Å². The fraction of sp³-hybridized carbons (Fsp3) is 0.406. The summed E-state index contributed by atoms with van der Waals surface area (Å²) in [6.07, 6.45) is 3.05. The number of aryl methyl sites for hydroxylation is 2. The van der Waals surface area contributed by atoms with E-state index in [2.05, 4.69) is 89.7 Å². The third-order valence-electron chi connectivity index (χ3n) is 7.52. The molecule has 0 radical (unpaired) electrons. The fourth-order valence-corrected chi connectivity index (χ4v) is 5.39. The quantitative estimate of drug-likeness (QED) is 0.219. The van der Waals surface area contributed by atoms with Crippen LogP contribution in [0.4, 0.5) is 0 Å². The summed E-state index contributed by atoms with van der Waals surface area (Å²) < 4.78 is 26.4. The van der Waals surface area contributed by atoms with Crippen LogP contribution in [0.5, 0.6) is 0 Å². The molecule has 1 aliphatic carbocycles. The Morgan fingerprint density at radius 3 is 2.03 bits per heavy atom. The highest BCUT2D eigenvalue weighted by Crippen LogP contribution is 2.44. The van der Waals surface area contributed by atoms with Crippen molar-refractivity contribution in [3.05, 3.63) is 101 Å². The Balaban J connectivity index is 1.59. The third kappa shape index (κ3) is 6.17. The fourth-order valence-electron chi connectivity index (χ4n) is 5.39. The molecule has 1 N–H and O–H groups in total. The summed E-state index contributed by atoms with van der Waals surface area (Å²) in [6.45, 7) is 3.72. The van der Waals surface area contributed by atoms with Gasteiger partial charge in [0.05, 0.1) is 29.7 Å². The molecule has 7 heteroatoms. The van der Waals surface area contributed by atoms with E-state index in [1.54, 1.807) is 14.2 Å². The van der Waals surface area contributed by atoms with Gasteiger partial charge < -0.3 is 28.1 Å². The Labute approximate surface area is 230 Å². The summed E-state index contributed by atoms with van der Waals surface area (Å²) in [4.78, 5) is 0. The number of ether oxygens (including phenoxy) is 4. The van der Waals surface area contributed by atoms with Gasteiger partial charge in [0.15, 0.2) is 6.79 Å². The molecule has 1 heterocycles. The van der Waals surface area contributed by atoms with Gasteiger partial charge in [-0.1, -0.05) is 71.8 Å². The highest BCUT2D eigenvalue weighted by atomic mass is 16.9. The second-order valence-corrected chi connectivity index (χ2v) is 10.5. The number of fused-ring (bicyclic) bond motifs is 1. The molecule has 1 fully saturated rings. The molecule has 206 valence electrons. The zero-order chi connectivity index (χ0) is 27.4. The second-order valence-electron chi connectivity index (χ2n) is 10.5. The van der Waals surface area contributed by atoms with E-state index in [4.69, 9.17) is 18.9 Å². The molecule has 39 heavy (non-hydrogen) atoms. The maximum Gasteiger partial charge on any atom is 0.273 e. The van der Waals surface area contributed by atoms with E-state index < -0.39 is 6.48 Å². The molecule has 3 aromatic carbocycles. The lowest BCUT2D eigenvalue weighted by molar-refractivity contribution is -0.303. The van der Waals surface area contributed by atoms with Crippen LogP contribution in [0, 0.1) is 25.2 Å². The summed E-state index contributed by atoms with van der Waals surface area (Å²) in [5.74, 6) is 0.521. The van der Waals surface area contributed by atoms with Gasteiger partial charge in [-0.3, -0.25) is 5.41 Å².